The molecule has 2 N–H and O–H groups in total. The van der Waals surface area contributed by atoms with E-state index in [0.717, 1.165) is 39.8 Å². The molecule has 0 spiro atoms. The van der Waals surface area contributed by atoms with Crippen LogP contribution < -0.4 is 20.7 Å². The first kappa shape index (κ1) is 23.3. The largest absolute Gasteiger partial charge is 0.490 e. The average molecular weight is 471 g/mol. The van der Waals surface area contributed by atoms with Crippen molar-refractivity contribution in [2.75, 3.05) is 0 Å². The molecular formula is C24H27FN4O3S. The molecule has 1 fully saturated rings. The summed E-state index contributed by atoms with van der Waals surface area (Å²) in [5.41, 5.74) is -0.561. The Kier molecular flexibility index (Phi) is 6.99. The number of hydrogen-bond acceptors (Lipinski definition) is 6. The minimum absolute atomic E-state index is 0.0587. The van der Waals surface area contributed by atoms with Crippen molar-refractivity contribution in [1.82, 2.24) is 19.3 Å². The Balaban J connectivity index is 1.39. The first-order chi connectivity index (χ1) is 15.8. The fourth-order valence-corrected chi connectivity index (χ4v) is 4.53. The molecule has 0 saturated heterocycles. The van der Waals surface area contributed by atoms with E-state index in [9.17, 15) is 14.0 Å². The molecule has 2 heterocycles. The molecule has 0 unspecified atom stereocenters. The van der Waals surface area contributed by atoms with Gasteiger partial charge < -0.3 is 4.74 Å². The highest BCUT2D eigenvalue weighted by molar-refractivity contribution is 7.97. The van der Waals surface area contributed by atoms with Crippen LogP contribution in [0.1, 0.15) is 50.8 Å². The highest BCUT2D eigenvalue weighted by atomic mass is 32.2. The number of hydrogen-bond donors (Lipinski definition) is 2. The standard InChI is InChI=1S/C24H27FN4O3S/c1-24(2,28-33-20-9-5-8-19(12-20)32-18-6-3-4-7-18)16-10-11-17(26-13-16)14-29-15-21(25)22(30)27-23(29)31/h5,8-13,15,18,28H,3-4,6-7,14H2,1-2H3,(H,27,30,31). The third-order valence-electron chi connectivity index (χ3n) is 5.68. The molecule has 1 aliphatic carbocycles. The van der Waals surface area contributed by atoms with E-state index in [1.165, 1.54) is 24.8 Å². The summed E-state index contributed by atoms with van der Waals surface area (Å²) < 4.78 is 24.2. The SMILES string of the molecule is CC(C)(NSc1cccc(OC2CCCC2)c1)c1ccc(Cn2cc(F)c(=O)[nH]c2=O)nc1. The van der Waals surface area contributed by atoms with Crippen LogP contribution in [0.4, 0.5) is 4.39 Å². The van der Waals surface area contributed by atoms with Crippen LogP contribution in [0.3, 0.4) is 0 Å². The molecule has 0 amide bonds. The second kappa shape index (κ2) is 9.93. The van der Waals surface area contributed by atoms with E-state index in [0.29, 0.717) is 11.8 Å². The Labute approximate surface area is 195 Å². The lowest BCUT2D eigenvalue weighted by molar-refractivity contribution is 0.209. The fraction of sp³-hybridized carbons (Fsp3) is 0.375. The summed E-state index contributed by atoms with van der Waals surface area (Å²) in [7, 11) is 0. The average Bonchev–Trinajstić information content (AvgIpc) is 3.30. The second-order valence-corrected chi connectivity index (χ2v) is 9.61. The van der Waals surface area contributed by atoms with Gasteiger partial charge in [-0.3, -0.25) is 19.3 Å². The van der Waals surface area contributed by atoms with E-state index in [2.05, 4.69) is 29.6 Å². The molecule has 2 aromatic heterocycles. The molecule has 7 nitrogen and oxygen atoms in total. The van der Waals surface area contributed by atoms with Gasteiger partial charge in [0.25, 0.3) is 5.56 Å². The van der Waals surface area contributed by atoms with Crippen LogP contribution in [0.25, 0.3) is 0 Å². The van der Waals surface area contributed by atoms with Crippen LogP contribution in [0.15, 0.2) is 63.3 Å². The summed E-state index contributed by atoms with van der Waals surface area (Å²) in [6.45, 7) is 4.16. The van der Waals surface area contributed by atoms with Crippen molar-refractivity contribution in [3.05, 3.63) is 86.7 Å². The normalized spacial score (nSPS) is 14.5. The topological polar surface area (TPSA) is 89.0 Å². The van der Waals surface area contributed by atoms with Gasteiger partial charge in [-0.15, -0.1) is 0 Å². The van der Waals surface area contributed by atoms with E-state index in [1.807, 2.05) is 29.2 Å². The molecular weight excluding hydrogens is 443 g/mol. The van der Waals surface area contributed by atoms with E-state index in [4.69, 9.17) is 4.74 Å². The van der Waals surface area contributed by atoms with Gasteiger partial charge in [0, 0.05) is 16.6 Å². The zero-order valence-corrected chi connectivity index (χ0v) is 19.5. The third-order valence-corrected chi connectivity index (χ3v) is 6.78. The fourth-order valence-electron chi connectivity index (χ4n) is 3.72. The van der Waals surface area contributed by atoms with Crippen LogP contribution in [-0.2, 0) is 12.1 Å². The van der Waals surface area contributed by atoms with E-state index < -0.39 is 17.1 Å². The lowest BCUT2D eigenvalue weighted by Gasteiger charge is -2.26. The van der Waals surface area contributed by atoms with Crippen LogP contribution in [-0.4, -0.2) is 20.6 Å². The monoisotopic (exact) mass is 470 g/mol. The summed E-state index contributed by atoms with van der Waals surface area (Å²) >= 11 is 1.53. The van der Waals surface area contributed by atoms with Crippen molar-refractivity contribution in [3.8, 4) is 5.75 Å². The van der Waals surface area contributed by atoms with Gasteiger partial charge in [0.15, 0.2) is 0 Å². The maximum atomic E-state index is 13.5. The van der Waals surface area contributed by atoms with Crippen LogP contribution >= 0.6 is 11.9 Å². The minimum Gasteiger partial charge on any atom is -0.490 e. The quantitative estimate of drug-likeness (QED) is 0.484. The number of H-pyrrole nitrogens is 1. The summed E-state index contributed by atoms with van der Waals surface area (Å²) in [4.78, 5) is 30.5. The molecule has 0 radical (unpaired) electrons. The number of ether oxygens (including phenoxy) is 1. The maximum absolute atomic E-state index is 13.5. The Morgan fingerprint density at radius 2 is 2.03 bits per heavy atom. The van der Waals surface area contributed by atoms with Gasteiger partial charge in [0.1, 0.15) is 5.75 Å². The van der Waals surface area contributed by atoms with Crippen molar-refractivity contribution >= 4 is 11.9 Å². The zero-order valence-electron chi connectivity index (χ0n) is 18.6. The molecule has 0 atom stereocenters. The highest BCUT2D eigenvalue weighted by Crippen LogP contribution is 2.29. The summed E-state index contributed by atoms with van der Waals surface area (Å²) in [5.74, 6) is -0.113. The number of aromatic amines is 1. The summed E-state index contributed by atoms with van der Waals surface area (Å²) in [6.07, 6.45) is 7.66. The molecule has 1 saturated carbocycles. The van der Waals surface area contributed by atoms with E-state index >= 15 is 0 Å². The number of pyridine rings is 1. The van der Waals surface area contributed by atoms with Gasteiger partial charge in [0.05, 0.1) is 24.5 Å². The van der Waals surface area contributed by atoms with Crippen LogP contribution in [0.5, 0.6) is 5.75 Å². The predicted octanol–water partition coefficient (Wildman–Crippen LogP) is 3.97. The number of benzene rings is 1. The maximum Gasteiger partial charge on any atom is 0.328 e. The van der Waals surface area contributed by atoms with Crippen molar-refractivity contribution in [2.45, 2.75) is 62.6 Å². The van der Waals surface area contributed by atoms with Gasteiger partial charge >= 0.3 is 5.69 Å². The second-order valence-electron chi connectivity index (χ2n) is 8.73. The smallest absolute Gasteiger partial charge is 0.328 e. The Hall–Kier alpha value is -2.91. The first-order valence-electron chi connectivity index (χ1n) is 11.0. The molecule has 33 heavy (non-hydrogen) atoms. The molecule has 0 bridgehead atoms. The van der Waals surface area contributed by atoms with Gasteiger partial charge in [0.2, 0.25) is 5.82 Å². The van der Waals surface area contributed by atoms with Crippen molar-refractivity contribution in [3.63, 3.8) is 0 Å². The number of aromatic nitrogens is 3. The molecule has 3 aromatic rings. The Morgan fingerprint density at radius 1 is 1.24 bits per heavy atom. The highest BCUT2D eigenvalue weighted by Gasteiger charge is 2.21. The van der Waals surface area contributed by atoms with E-state index in [-0.39, 0.29) is 12.1 Å². The predicted molar refractivity (Wildman–Crippen MR) is 126 cm³/mol. The van der Waals surface area contributed by atoms with E-state index in [1.54, 1.807) is 12.3 Å². The Morgan fingerprint density at radius 3 is 2.76 bits per heavy atom. The first-order valence-corrected chi connectivity index (χ1v) is 11.8. The minimum atomic E-state index is -1.03. The zero-order chi connectivity index (χ0) is 23.4. The molecule has 1 aromatic carbocycles. The number of nitrogens with one attached hydrogen (secondary N) is 2. The van der Waals surface area contributed by atoms with Gasteiger partial charge in [-0.2, -0.15) is 4.39 Å². The summed E-state index contributed by atoms with van der Waals surface area (Å²) in [6, 6.07) is 11.8. The van der Waals surface area contributed by atoms with Crippen molar-refractivity contribution in [2.24, 2.45) is 0 Å². The van der Waals surface area contributed by atoms with Gasteiger partial charge in [-0.05, 0) is 81.3 Å². The molecule has 9 heteroatoms. The Bertz CT molecular complexity index is 1220. The molecule has 174 valence electrons. The van der Waals surface area contributed by atoms with Crippen LogP contribution in [0.2, 0.25) is 0 Å². The number of rotatable bonds is 8. The number of halogens is 1. The molecule has 1 aliphatic rings. The molecule has 0 aliphatic heterocycles. The number of nitrogens with zero attached hydrogens (tertiary/aromatic N) is 2. The third kappa shape index (κ3) is 5.91. The van der Waals surface area contributed by atoms with Crippen molar-refractivity contribution in [1.29, 1.82) is 0 Å². The van der Waals surface area contributed by atoms with Gasteiger partial charge in [-0.1, -0.05) is 12.1 Å². The lowest BCUT2D eigenvalue weighted by atomic mass is 9.97. The lowest BCUT2D eigenvalue weighted by Crippen LogP contribution is -2.32. The molecule has 4 rings (SSSR count). The van der Waals surface area contributed by atoms with Crippen molar-refractivity contribution < 1.29 is 9.13 Å². The van der Waals surface area contributed by atoms with Crippen LogP contribution in [0, 0.1) is 5.82 Å². The van der Waals surface area contributed by atoms with Gasteiger partial charge in [-0.25, -0.2) is 9.52 Å². The summed E-state index contributed by atoms with van der Waals surface area (Å²) in [5, 5.41) is 0.